The van der Waals surface area contributed by atoms with Crippen molar-refractivity contribution < 1.29 is 0 Å². The van der Waals surface area contributed by atoms with Crippen LogP contribution in [0.25, 0.3) is 11.0 Å². The Morgan fingerprint density at radius 1 is 1.50 bits per heavy atom. The first-order chi connectivity index (χ1) is 8.63. The minimum absolute atomic E-state index is 0.713. The van der Waals surface area contributed by atoms with Gasteiger partial charge in [0.15, 0.2) is 4.77 Å². The Kier molecular flexibility index (Phi) is 3.09. The number of benzene rings is 1. The minimum atomic E-state index is 0.713. The lowest BCUT2D eigenvalue weighted by Gasteiger charge is -2.01. The monoisotopic (exact) mass is 339 g/mol. The highest BCUT2D eigenvalue weighted by atomic mass is 79.9. The van der Waals surface area contributed by atoms with Gasteiger partial charge in [-0.05, 0) is 37.3 Å². The molecule has 1 aromatic carbocycles. The van der Waals surface area contributed by atoms with Gasteiger partial charge < -0.3 is 9.55 Å². The summed E-state index contributed by atoms with van der Waals surface area (Å²) < 4.78 is 3.85. The largest absolute Gasteiger partial charge is 0.331 e. The standard InChI is InChI=1S/C12H10BrN3S2/c1-7-14-9(6-18-7)5-16-11-3-2-8(13)4-10(11)15-12(16)17/h2-4,6H,5H2,1H3,(H,15,17). The molecule has 2 heterocycles. The molecule has 92 valence electrons. The number of nitrogens with zero attached hydrogens (tertiary/aromatic N) is 2. The molecular formula is C12H10BrN3S2. The van der Waals surface area contributed by atoms with Gasteiger partial charge in [0.2, 0.25) is 0 Å². The molecule has 0 unspecified atom stereocenters. The van der Waals surface area contributed by atoms with Crippen molar-refractivity contribution in [1.82, 2.24) is 14.5 Å². The van der Waals surface area contributed by atoms with Crippen molar-refractivity contribution in [2.45, 2.75) is 13.5 Å². The third kappa shape index (κ3) is 2.15. The number of halogens is 1. The van der Waals surface area contributed by atoms with Gasteiger partial charge in [-0.1, -0.05) is 15.9 Å². The molecule has 0 spiro atoms. The van der Waals surface area contributed by atoms with Crippen LogP contribution in [0.15, 0.2) is 28.1 Å². The van der Waals surface area contributed by atoms with Crippen LogP contribution < -0.4 is 0 Å². The van der Waals surface area contributed by atoms with Crippen molar-refractivity contribution in [3.05, 3.63) is 43.5 Å². The number of H-pyrrole nitrogens is 1. The molecule has 18 heavy (non-hydrogen) atoms. The molecular weight excluding hydrogens is 330 g/mol. The molecule has 0 bridgehead atoms. The van der Waals surface area contributed by atoms with Crippen LogP contribution in [0.3, 0.4) is 0 Å². The zero-order chi connectivity index (χ0) is 12.7. The highest BCUT2D eigenvalue weighted by Crippen LogP contribution is 2.21. The van der Waals surface area contributed by atoms with E-state index in [4.69, 9.17) is 12.2 Å². The van der Waals surface area contributed by atoms with Gasteiger partial charge >= 0.3 is 0 Å². The molecule has 0 saturated carbocycles. The first kappa shape index (κ1) is 12.1. The van der Waals surface area contributed by atoms with Crippen LogP contribution in [-0.2, 0) is 6.54 Å². The number of nitrogens with one attached hydrogen (secondary N) is 1. The predicted octanol–water partition coefficient (Wildman–Crippen LogP) is 4.27. The summed E-state index contributed by atoms with van der Waals surface area (Å²) in [5, 5.41) is 3.16. The molecule has 0 saturated heterocycles. The van der Waals surface area contributed by atoms with Gasteiger partial charge in [0, 0.05) is 9.85 Å². The molecule has 0 radical (unpaired) electrons. The third-order valence-electron chi connectivity index (χ3n) is 2.72. The molecule has 0 aliphatic rings. The van der Waals surface area contributed by atoms with Gasteiger partial charge in [-0.15, -0.1) is 11.3 Å². The molecule has 3 nitrogen and oxygen atoms in total. The second-order valence-electron chi connectivity index (χ2n) is 4.04. The van der Waals surface area contributed by atoms with E-state index in [1.54, 1.807) is 11.3 Å². The molecule has 0 atom stereocenters. The summed E-state index contributed by atoms with van der Waals surface area (Å²) in [6, 6.07) is 6.12. The average Bonchev–Trinajstić information content (AvgIpc) is 2.84. The van der Waals surface area contributed by atoms with E-state index in [1.807, 2.05) is 19.1 Å². The molecule has 0 amide bonds. The Hall–Kier alpha value is -0.980. The van der Waals surface area contributed by atoms with Crippen molar-refractivity contribution in [2.24, 2.45) is 0 Å². The number of hydrogen-bond acceptors (Lipinski definition) is 3. The lowest BCUT2D eigenvalue weighted by Crippen LogP contribution is -1.99. The second kappa shape index (κ2) is 4.60. The maximum atomic E-state index is 5.37. The molecule has 1 N–H and O–H groups in total. The summed E-state index contributed by atoms with van der Waals surface area (Å²) in [5.41, 5.74) is 3.20. The van der Waals surface area contributed by atoms with E-state index in [-0.39, 0.29) is 0 Å². The molecule has 0 aliphatic carbocycles. The fraction of sp³-hybridized carbons (Fsp3) is 0.167. The van der Waals surface area contributed by atoms with Crippen LogP contribution in [-0.4, -0.2) is 14.5 Å². The number of hydrogen-bond donors (Lipinski definition) is 1. The van der Waals surface area contributed by atoms with E-state index in [2.05, 4.69) is 41.9 Å². The SMILES string of the molecule is Cc1nc(Cn2c(=S)[nH]c3cc(Br)ccc32)cs1. The number of thiazole rings is 1. The summed E-state index contributed by atoms with van der Waals surface area (Å²) in [4.78, 5) is 7.70. The quantitative estimate of drug-likeness (QED) is 0.707. The Morgan fingerprint density at radius 3 is 3.06 bits per heavy atom. The third-order valence-corrected chi connectivity index (χ3v) is 4.36. The van der Waals surface area contributed by atoms with Crippen LogP contribution in [0.5, 0.6) is 0 Å². The number of aryl methyl sites for hydroxylation is 1. The summed E-state index contributed by atoms with van der Waals surface area (Å²) in [6.07, 6.45) is 0. The fourth-order valence-corrected chi connectivity index (χ4v) is 3.17. The normalized spacial score (nSPS) is 11.2. The van der Waals surface area contributed by atoms with E-state index < -0.39 is 0 Å². The van der Waals surface area contributed by atoms with E-state index in [9.17, 15) is 0 Å². The van der Waals surface area contributed by atoms with Gasteiger partial charge in [-0.3, -0.25) is 0 Å². The summed E-state index contributed by atoms with van der Waals surface area (Å²) in [6.45, 7) is 2.73. The van der Waals surface area contributed by atoms with Crippen LogP contribution in [0.4, 0.5) is 0 Å². The van der Waals surface area contributed by atoms with Crippen molar-refractivity contribution in [3.8, 4) is 0 Å². The van der Waals surface area contributed by atoms with Crippen LogP contribution in [0, 0.1) is 11.7 Å². The first-order valence-corrected chi connectivity index (χ1v) is 7.50. The zero-order valence-corrected chi connectivity index (χ0v) is 12.8. The van der Waals surface area contributed by atoms with Crippen molar-refractivity contribution >= 4 is 50.5 Å². The Morgan fingerprint density at radius 2 is 2.33 bits per heavy atom. The van der Waals surface area contributed by atoms with Crippen molar-refractivity contribution in [1.29, 1.82) is 0 Å². The topological polar surface area (TPSA) is 33.6 Å². The molecule has 2 aromatic heterocycles. The smallest absolute Gasteiger partial charge is 0.178 e. The van der Waals surface area contributed by atoms with Gasteiger partial charge in [0.25, 0.3) is 0 Å². The lowest BCUT2D eigenvalue weighted by atomic mass is 10.3. The van der Waals surface area contributed by atoms with E-state index in [1.165, 1.54) is 0 Å². The molecule has 6 heteroatoms. The van der Waals surface area contributed by atoms with Crippen LogP contribution in [0.1, 0.15) is 10.7 Å². The number of rotatable bonds is 2. The highest BCUT2D eigenvalue weighted by molar-refractivity contribution is 9.10. The van der Waals surface area contributed by atoms with Crippen molar-refractivity contribution in [3.63, 3.8) is 0 Å². The number of fused-ring (bicyclic) bond motifs is 1. The molecule has 0 aliphatic heterocycles. The highest BCUT2D eigenvalue weighted by Gasteiger charge is 2.07. The molecule has 3 aromatic rings. The Bertz CT molecular complexity index is 769. The number of aromatic amines is 1. The molecule has 3 rings (SSSR count). The maximum absolute atomic E-state index is 5.37. The van der Waals surface area contributed by atoms with Crippen LogP contribution >= 0.6 is 39.5 Å². The van der Waals surface area contributed by atoms with E-state index in [0.29, 0.717) is 6.54 Å². The van der Waals surface area contributed by atoms with Gasteiger partial charge in [0.05, 0.1) is 28.3 Å². The molecule has 0 fully saturated rings. The van der Waals surface area contributed by atoms with E-state index >= 15 is 0 Å². The zero-order valence-electron chi connectivity index (χ0n) is 9.61. The summed E-state index contributed by atoms with van der Waals surface area (Å²) in [7, 11) is 0. The lowest BCUT2D eigenvalue weighted by molar-refractivity contribution is 0.789. The predicted molar refractivity (Wildman–Crippen MR) is 80.8 cm³/mol. The number of imidazole rings is 1. The maximum Gasteiger partial charge on any atom is 0.178 e. The van der Waals surface area contributed by atoms with Gasteiger partial charge in [-0.2, -0.15) is 0 Å². The summed E-state index contributed by atoms with van der Waals surface area (Å²) in [5.74, 6) is 0. The summed E-state index contributed by atoms with van der Waals surface area (Å²) >= 11 is 10.5. The van der Waals surface area contributed by atoms with Gasteiger partial charge in [-0.25, -0.2) is 4.98 Å². The Balaban J connectivity index is 2.11. The Labute approximate surface area is 122 Å². The van der Waals surface area contributed by atoms with Crippen molar-refractivity contribution in [2.75, 3.05) is 0 Å². The average molecular weight is 340 g/mol. The first-order valence-electron chi connectivity index (χ1n) is 5.42. The number of aromatic nitrogens is 3. The van der Waals surface area contributed by atoms with Crippen LogP contribution in [0.2, 0.25) is 0 Å². The van der Waals surface area contributed by atoms with Gasteiger partial charge in [0.1, 0.15) is 0 Å². The minimum Gasteiger partial charge on any atom is -0.331 e. The van der Waals surface area contributed by atoms with E-state index in [0.717, 1.165) is 31.0 Å². The second-order valence-corrected chi connectivity index (χ2v) is 6.40. The fourth-order valence-electron chi connectivity index (χ4n) is 1.94.